The highest BCUT2D eigenvalue weighted by Crippen LogP contribution is 2.28. The number of nitrogens with zero attached hydrogens (tertiary/aromatic N) is 3. The molecule has 1 aromatic heterocycles. The molecule has 0 aliphatic carbocycles. The average molecular weight is 502 g/mol. The summed E-state index contributed by atoms with van der Waals surface area (Å²) in [5.74, 6) is -0.776. The second kappa shape index (κ2) is 10.9. The summed E-state index contributed by atoms with van der Waals surface area (Å²) in [7, 11) is 1.67. The average Bonchev–Trinajstić information content (AvgIpc) is 3.41. The lowest BCUT2D eigenvalue weighted by molar-refractivity contribution is -0.135. The smallest absolute Gasteiger partial charge is 0.229 e. The predicted molar refractivity (Wildman–Crippen MR) is 140 cm³/mol. The van der Waals surface area contributed by atoms with Gasteiger partial charge in [0.1, 0.15) is 5.60 Å². The monoisotopic (exact) mass is 501 g/mol. The van der Waals surface area contributed by atoms with Gasteiger partial charge in [0.05, 0.1) is 25.3 Å². The number of benzene rings is 3. The van der Waals surface area contributed by atoms with Crippen molar-refractivity contribution in [3.63, 3.8) is 0 Å². The fraction of sp³-hybridized carbons (Fsp3) is 0.207. The van der Waals surface area contributed by atoms with Gasteiger partial charge >= 0.3 is 0 Å². The largest absolute Gasteiger partial charge is 0.381 e. The topological polar surface area (TPSA) is 75.4 Å². The summed E-state index contributed by atoms with van der Waals surface area (Å²) in [5.41, 5.74) is 1.12. The minimum Gasteiger partial charge on any atom is -0.381 e. The Kier molecular flexibility index (Phi) is 7.67. The van der Waals surface area contributed by atoms with Crippen molar-refractivity contribution < 1.29 is 14.7 Å². The number of ketones is 1. The number of halogens is 1. The second-order valence-electron chi connectivity index (χ2n) is 9.01. The van der Waals surface area contributed by atoms with Crippen LogP contribution in [0.1, 0.15) is 39.9 Å². The van der Waals surface area contributed by atoms with Gasteiger partial charge < -0.3 is 14.6 Å². The van der Waals surface area contributed by atoms with Gasteiger partial charge in [0.15, 0.2) is 5.78 Å². The van der Waals surface area contributed by atoms with E-state index in [4.69, 9.17) is 11.6 Å². The van der Waals surface area contributed by atoms with Crippen molar-refractivity contribution in [1.29, 1.82) is 0 Å². The zero-order valence-electron chi connectivity index (χ0n) is 20.2. The molecule has 1 amide bonds. The SMILES string of the molecule is C[C@H](C(=O)N(C)CC(O)(Cn1ccnc1)c1ccc(Cl)cc1)c1cccc(C(=O)c2ccccc2)c1. The molecule has 0 saturated heterocycles. The molecule has 0 aliphatic heterocycles. The van der Waals surface area contributed by atoms with Gasteiger partial charge in [-0.2, -0.15) is 0 Å². The first kappa shape index (κ1) is 25.4. The van der Waals surface area contributed by atoms with E-state index in [1.165, 1.54) is 4.90 Å². The highest BCUT2D eigenvalue weighted by Gasteiger charge is 2.34. The lowest BCUT2D eigenvalue weighted by Crippen LogP contribution is -2.45. The van der Waals surface area contributed by atoms with Crippen molar-refractivity contribution in [2.45, 2.75) is 25.0 Å². The Morgan fingerprint density at radius 1 is 1.03 bits per heavy atom. The highest BCUT2D eigenvalue weighted by molar-refractivity contribution is 6.30. The Hall–Kier alpha value is -3.74. The minimum atomic E-state index is -1.37. The molecular weight excluding hydrogens is 474 g/mol. The molecule has 1 N–H and O–H groups in total. The van der Waals surface area contributed by atoms with E-state index in [1.54, 1.807) is 84.9 Å². The van der Waals surface area contributed by atoms with E-state index in [0.717, 1.165) is 5.56 Å². The van der Waals surface area contributed by atoms with Crippen LogP contribution in [-0.4, -0.2) is 44.8 Å². The maximum absolute atomic E-state index is 13.4. The molecule has 0 fully saturated rings. The molecule has 0 bridgehead atoms. The first-order valence-corrected chi connectivity index (χ1v) is 12.0. The highest BCUT2D eigenvalue weighted by atomic mass is 35.5. The van der Waals surface area contributed by atoms with Gasteiger partial charge in [0.25, 0.3) is 0 Å². The number of aromatic nitrogens is 2. The summed E-state index contributed by atoms with van der Waals surface area (Å²) in [6.07, 6.45) is 5.03. The van der Waals surface area contributed by atoms with E-state index in [9.17, 15) is 14.7 Å². The van der Waals surface area contributed by atoms with Crippen LogP contribution in [0.3, 0.4) is 0 Å². The second-order valence-corrected chi connectivity index (χ2v) is 9.45. The number of imidazole rings is 1. The van der Waals surface area contributed by atoms with Gasteiger partial charge in [0, 0.05) is 35.6 Å². The van der Waals surface area contributed by atoms with Crippen LogP contribution in [0.5, 0.6) is 0 Å². The van der Waals surface area contributed by atoms with Crippen molar-refractivity contribution in [3.05, 3.63) is 125 Å². The van der Waals surface area contributed by atoms with Crippen LogP contribution in [0.25, 0.3) is 0 Å². The van der Waals surface area contributed by atoms with E-state index < -0.39 is 11.5 Å². The molecule has 0 aliphatic rings. The summed E-state index contributed by atoms with van der Waals surface area (Å²) in [4.78, 5) is 31.9. The molecule has 1 heterocycles. The number of amides is 1. The Labute approximate surface area is 215 Å². The quantitative estimate of drug-likeness (QED) is 0.330. The summed E-state index contributed by atoms with van der Waals surface area (Å²) in [6, 6.07) is 23.2. The zero-order valence-corrected chi connectivity index (χ0v) is 21.0. The fourth-order valence-corrected chi connectivity index (χ4v) is 4.45. The van der Waals surface area contributed by atoms with E-state index >= 15 is 0 Å². The third-order valence-electron chi connectivity index (χ3n) is 6.32. The number of carbonyl (C=O) groups excluding carboxylic acids is 2. The van der Waals surface area contributed by atoms with Crippen molar-refractivity contribution in [2.24, 2.45) is 0 Å². The first-order valence-electron chi connectivity index (χ1n) is 11.7. The molecule has 7 heteroatoms. The maximum Gasteiger partial charge on any atom is 0.229 e. The van der Waals surface area contributed by atoms with E-state index in [-0.39, 0.29) is 24.8 Å². The molecule has 0 saturated carbocycles. The van der Waals surface area contributed by atoms with Crippen LogP contribution in [0.15, 0.2) is 97.6 Å². The lowest BCUT2D eigenvalue weighted by atomic mass is 9.91. The number of aliphatic hydroxyl groups is 1. The van der Waals surface area contributed by atoms with Gasteiger partial charge in [-0.3, -0.25) is 9.59 Å². The summed E-state index contributed by atoms with van der Waals surface area (Å²) in [5, 5.41) is 12.3. The molecule has 36 heavy (non-hydrogen) atoms. The third-order valence-corrected chi connectivity index (χ3v) is 6.57. The number of hydrogen-bond acceptors (Lipinski definition) is 4. The molecule has 4 rings (SSSR count). The number of hydrogen-bond donors (Lipinski definition) is 1. The van der Waals surface area contributed by atoms with Crippen LogP contribution >= 0.6 is 11.6 Å². The van der Waals surface area contributed by atoms with Crippen LogP contribution < -0.4 is 0 Å². The van der Waals surface area contributed by atoms with Gasteiger partial charge in [-0.25, -0.2) is 4.98 Å². The van der Waals surface area contributed by atoms with E-state index in [1.807, 2.05) is 31.2 Å². The van der Waals surface area contributed by atoms with Crippen molar-refractivity contribution in [3.8, 4) is 0 Å². The molecule has 0 spiro atoms. The standard InChI is InChI=1S/C29H28ClN3O3/c1-21(23-9-6-10-24(17-23)27(34)22-7-4-3-5-8-22)28(35)32(2)18-29(36,19-33-16-15-31-20-33)25-11-13-26(30)14-12-25/h3-17,20-21,36H,18-19H2,1-2H3/t21-,29?/m0/s1. The van der Waals surface area contributed by atoms with Gasteiger partial charge in [0.2, 0.25) is 5.91 Å². The number of carbonyl (C=O) groups is 2. The minimum absolute atomic E-state index is 0.0542. The van der Waals surface area contributed by atoms with Crippen molar-refractivity contribution in [1.82, 2.24) is 14.5 Å². The molecule has 1 unspecified atom stereocenters. The number of rotatable bonds is 9. The Morgan fingerprint density at radius 3 is 2.39 bits per heavy atom. The normalized spacial score (nSPS) is 13.6. The first-order chi connectivity index (χ1) is 17.3. The van der Waals surface area contributed by atoms with Crippen LogP contribution in [0.4, 0.5) is 0 Å². The van der Waals surface area contributed by atoms with Gasteiger partial charge in [-0.15, -0.1) is 0 Å². The molecule has 3 aromatic carbocycles. The van der Waals surface area contributed by atoms with Crippen molar-refractivity contribution >= 4 is 23.3 Å². The number of likely N-dealkylation sites (N-methyl/N-ethyl adjacent to an activating group) is 1. The van der Waals surface area contributed by atoms with Gasteiger partial charge in [-0.05, 0) is 36.2 Å². The zero-order chi connectivity index (χ0) is 25.7. The summed E-state index contributed by atoms with van der Waals surface area (Å²) in [6.45, 7) is 2.07. The van der Waals surface area contributed by atoms with E-state index in [2.05, 4.69) is 4.98 Å². The lowest BCUT2D eigenvalue weighted by Gasteiger charge is -2.34. The molecule has 2 atom stereocenters. The van der Waals surface area contributed by atoms with Crippen LogP contribution in [0.2, 0.25) is 5.02 Å². The summed E-state index contributed by atoms with van der Waals surface area (Å²) >= 11 is 6.06. The Bertz CT molecular complexity index is 1320. The molecule has 4 aromatic rings. The van der Waals surface area contributed by atoms with E-state index in [0.29, 0.717) is 21.7 Å². The molecule has 0 radical (unpaired) electrons. The predicted octanol–water partition coefficient (Wildman–Crippen LogP) is 4.92. The van der Waals surface area contributed by atoms with Crippen molar-refractivity contribution in [2.75, 3.05) is 13.6 Å². The Morgan fingerprint density at radius 2 is 1.72 bits per heavy atom. The molecule has 184 valence electrons. The molecule has 6 nitrogen and oxygen atoms in total. The van der Waals surface area contributed by atoms with Crippen LogP contribution in [-0.2, 0) is 16.9 Å². The van der Waals surface area contributed by atoms with Gasteiger partial charge in [-0.1, -0.05) is 72.3 Å². The third kappa shape index (κ3) is 5.73. The fourth-order valence-electron chi connectivity index (χ4n) is 4.32. The Balaban J connectivity index is 1.55. The summed E-state index contributed by atoms with van der Waals surface area (Å²) < 4.78 is 1.77. The maximum atomic E-state index is 13.4. The van der Waals surface area contributed by atoms with Crippen LogP contribution in [0, 0.1) is 0 Å². The molecular formula is C29H28ClN3O3.